The van der Waals surface area contributed by atoms with Gasteiger partial charge in [-0.05, 0) is 64.2 Å². The molecule has 1 heterocycles. The SMILES string of the molecule is CCCCCC/C=C\CCCCCCCC(=O)OC[C@H](COP(=O)(O)OC1[C@H](O)[C@H](O)C(O)[C@H](O)[C@H]1O)OC(=O)CCCCCCC/C=C\CC1OC1CCCCC. The Balaban J connectivity index is 1.73. The van der Waals surface area contributed by atoms with Crippen LogP contribution in [-0.2, 0) is 37.4 Å². The van der Waals surface area contributed by atoms with E-state index in [4.69, 9.17) is 23.3 Å². The van der Waals surface area contributed by atoms with E-state index in [1.807, 2.05) is 0 Å². The average Bonchev–Trinajstić information content (AvgIpc) is 3.96. The van der Waals surface area contributed by atoms with Gasteiger partial charge in [-0.2, -0.15) is 0 Å². The van der Waals surface area contributed by atoms with Gasteiger partial charge in [0.1, 0.15) is 43.2 Å². The summed E-state index contributed by atoms with van der Waals surface area (Å²) in [5, 5.41) is 50.1. The highest BCUT2D eigenvalue weighted by Crippen LogP contribution is 2.47. The molecule has 0 bridgehead atoms. The third-order valence-electron chi connectivity index (χ3n) is 10.7. The predicted molar refractivity (Wildman–Crippen MR) is 221 cm³/mol. The van der Waals surface area contributed by atoms with E-state index < -0.39 is 75.7 Å². The first-order chi connectivity index (χ1) is 27.9. The van der Waals surface area contributed by atoms with E-state index in [1.54, 1.807) is 0 Å². The number of aliphatic hydroxyl groups excluding tert-OH is 5. The van der Waals surface area contributed by atoms with Crippen LogP contribution in [0.2, 0.25) is 0 Å². The number of esters is 2. The molecule has 15 heteroatoms. The molecule has 2 fully saturated rings. The number of phosphoric acid groups is 1. The van der Waals surface area contributed by atoms with Crippen LogP contribution in [0.25, 0.3) is 0 Å². The molecule has 338 valence electrons. The van der Waals surface area contributed by atoms with E-state index in [2.05, 4.69) is 38.2 Å². The van der Waals surface area contributed by atoms with Gasteiger partial charge in [0.15, 0.2) is 6.10 Å². The lowest BCUT2D eigenvalue weighted by atomic mass is 9.85. The Kier molecular flexibility index (Phi) is 28.2. The topological polar surface area (TPSA) is 222 Å². The third-order valence-corrected chi connectivity index (χ3v) is 11.7. The average molecular weight is 849 g/mol. The fourth-order valence-corrected chi connectivity index (χ4v) is 7.91. The van der Waals surface area contributed by atoms with Crippen molar-refractivity contribution in [3.05, 3.63) is 24.3 Å². The Morgan fingerprint density at radius 2 is 1.09 bits per heavy atom. The quantitative estimate of drug-likeness (QED) is 0.0124. The standard InChI is InChI=1S/C43H77O14P/c1-3-5-7-8-9-10-11-12-13-14-18-21-25-29-36(44)53-31-33(32-54-58(51,52)57-43-41(49)39(47)38(46)40(48)42(43)50)55-37(45)30-26-22-19-16-15-17-20-24-28-35-34(56-35)27-23-6-4-2/h10-11,20,24,33-35,38-43,46-50H,3-9,12-19,21-23,25-32H2,1-2H3,(H,51,52)/b11-10-,24-20-/t33-,34?,35?,38?,39-,40+,41-,42-,43?/m1/s1. The summed E-state index contributed by atoms with van der Waals surface area (Å²) in [5.74, 6) is -1.13. The van der Waals surface area contributed by atoms with Gasteiger partial charge in [-0.15, -0.1) is 0 Å². The van der Waals surface area contributed by atoms with Crippen molar-refractivity contribution in [2.75, 3.05) is 13.2 Å². The molecule has 0 aromatic rings. The highest BCUT2D eigenvalue weighted by molar-refractivity contribution is 7.47. The van der Waals surface area contributed by atoms with Gasteiger partial charge in [0.05, 0.1) is 18.8 Å². The summed E-state index contributed by atoms with van der Waals surface area (Å²) in [6.07, 6.45) is 19.8. The largest absolute Gasteiger partial charge is 0.472 e. The van der Waals surface area contributed by atoms with Crippen molar-refractivity contribution in [1.29, 1.82) is 0 Å². The summed E-state index contributed by atoms with van der Waals surface area (Å²) >= 11 is 0. The third kappa shape index (κ3) is 23.3. The molecule has 5 unspecified atom stereocenters. The second-order valence-electron chi connectivity index (χ2n) is 15.9. The Morgan fingerprint density at radius 3 is 1.67 bits per heavy atom. The second kappa shape index (κ2) is 31.2. The number of aliphatic hydroxyl groups is 5. The van der Waals surface area contributed by atoms with E-state index in [9.17, 15) is 44.6 Å². The van der Waals surface area contributed by atoms with Crippen molar-refractivity contribution in [3.63, 3.8) is 0 Å². The van der Waals surface area contributed by atoms with Crippen LogP contribution in [0.5, 0.6) is 0 Å². The molecule has 0 aromatic heterocycles. The molecule has 0 aromatic carbocycles. The number of ether oxygens (including phenoxy) is 3. The fraction of sp³-hybridized carbons (Fsp3) is 0.860. The number of hydrogen-bond donors (Lipinski definition) is 6. The molecule has 10 atom stereocenters. The minimum atomic E-state index is -5.12. The highest BCUT2D eigenvalue weighted by Gasteiger charge is 2.51. The number of rotatable bonds is 35. The zero-order chi connectivity index (χ0) is 42.6. The Labute approximate surface area is 347 Å². The molecular weight excluding hydrogens is 771 g/mol. The van der Waals surface area contributed by atoms with Crippen molar-refractivity contribution >= 4 is 19.8 Å². The number of phosphoric ester groups is 1. The van der Waals surface area contributed by atoms with E-state index in [1.165, 1.54) is 44.9 Å². The van der Waals surface area contributed by atoms with Gasteiger partial charge >= 0.3 is 19.8 Å². The fourth-order valence-electron chi connectivity index (χ4n) is 6.93. The summed E-state index contributed by atoms with van der Waals surface area (Å²) in [5.41, 5.74) is 0. The number of unbranched alkanes of at least 4 members (excludes halogenated alkanes) is 16. The van der Waals surface area contributed by atoms with Crippen LogP contribution in [0, 0.1) is 0 Å². The smallest absolute Gasteiger partial charge is 0.462 e. The first-order valence-corrected chi connectivity index (χ1v) is 23.8. The zero-order valence-corrected chi connectivity index (χ0v) is 36.2. The van der Waals surface area contributed by atoms with Crippen molar-refractivity contribution in [2.24, 2.45) is 0 Å². The van der Waals surface area contributed by atoms with Crippen LogP contribution in [0.15, 0.2) is 24.3 Å². The minimum absolute atomic E-state index is 0.0752. The van der Waals surface area contributed by atoms with Gasteiger partial charge in [-0.1, -0.05) is 115 Å². The molecule has 0 radical (unpaired) electrons. The first kappa shape index (κ1) is 52.4. The minimum Gasteiger partial charge on any atom is -0.462 e. The monoisotopic (exact) mass is 849 g/mol. The van der Waals surface area contributed by atoms with E-state index in [-0.39, 0.29) is 12.8 Å². The van der Waals surface area contributed by atoms with E-state index in [0.29, 0.717) is 25.0 Å². The van der Waals surface area contributed by atoms with Crippen LogP contribution in [0.3, 0.4) is 0 Å². The first-order valence-electron chi connectivity index (χ1n) is 22.3. The molecule has 6 N–H and O–H groups in total. The van der Waals surface area contributed by atoms with Crippen LogP contribution < -0.4 is 0 Å². The number of hydrogen-bond acceptors (Lipinski definition) is 13. The Bertz CT molecular complexity index is 1180. The molecule has 0 amide bonds. The Morgan fingerprint density at radius 1 is 0.603 bits per heavy atom. The summed E-state index contributed by atoms with van der Waals surface area (Å²) < 4.78 is 39.2. The number of carbonyl (C=O) groups excluding carboxylic acids is 2. The number of carbonyl (C=O) groups is 2. The highest BCUT2D eigenvalue weighted by atomic mass is 31.2. The van der Waals surface area contributed by atoms with Crippen molar-refractivity contribution < 1.29 is 67.8 Å². The molecule has 0 spiro atoms. The predicted octanol–water partition coefficient (Wildman–Crippen LogP) is 7.04. The molecule has 1 aliphatic carbocycles. The van der Waals surface area contributed by atoms with Crippen LogP contribution in [-0.4, -0.2) is 111 Å². The van der Waals surface area contributed by atoms with Crippen molar-refractivity contribution in [2.45, 2.75) is 223 Å². The van der Waals surface area contributed by atoms with Gasteiger partial charge in [-0.3, -0.25) is 18.6 Å². The van der Waals surface area contributed by atoms with Gasteiger partial charge < -0.3 is 44.6 Å². The zero-order valence-electron chi connectivity index (χ0n) is 35.3. The van der Waals surface area contributed by atoms with Crippen molar-refractivity contribution in [1.82, 2.24) is 0 Å². The van der Waals surface area contributed by atoms with Gasteiger partial charge in [0, 0.05) is 12.8 Å². The normalized spacial score (nSPS) is 26.2. The van der Waals surface area contributed by atoms with Crippen LogP contribution >= 0.6 is 7.82 Å². The molecule has 1 saturated carbocycles. The maximum Gasteiger partial charge on any atom is 0.472 e. The lowest BCUT2D eigenvalue weighted by Crippen LogP contribution is -2.64. The second-order valence-corrected chi connectivity index (χ2v) is 17.3. The summed E-state index contributed by atoms with van der Waals surface area (Å²) in [6, 6.07) is 0. The van der Waals surface area contributed by atoms with Crippen molar-refractivity contribution in [3.8, 4) is 0 Å². The Hall–Kier alpha value is -1.71. The van der Waals surface area contributed by atoms with Gasteiger partial charge in [-0.25, -0.2) is 4.57 Å². The summed E-state index contributed by atoms with van der Waals surface area (Å²) in [4.78, 5) is 35.6. The van der Waals surface area contributed by atoms with E-state index >= 15 is 0 Å². The molecule has 14 nitrogen and oxygen atoms in total. The maximum atomic E-state index is 12.8. The number of allylic oxidation sites excluding steroid dienone is 3. The number of epoxide rings is 1. The van der Waals surface area contributed by atoms with E-state index in [0.717, 1.165) is 83.5 Å². The van der Waals surface area contributed by atoms with Crippen LogP contribution in [0.4, 0.5) is 0 Å². The lowest BCUT2D eigenvalue weighted by Gasteiger charge is -2.41. The van der Waals surface area contributed by atoms with Gasteiger partial charge in [0.25, 0.3) is 0 Å². The molecule has 1 saturated heterocycles. The molecule has 2 rings (SSSR count). The maximum absolute atomic E-state index is 12.8. The molecule has 1 aliphatic heterocycles. The lowest BCUT2D eigenvalue weighted by molar-refractivity contribution is -0.220. The molecule has 2 aliphatic rings. The molecule has 58 heavy (non-hydrogen) atoms. The summed E-state index contributed by atoms with van der Waals surface area (Å²) in [6.45, 7) is 3.22. The van der Waals surface area contributed by atoms with Crippen LogP contribution in [0.1, 0.15) is 168 Å². The molecular formula is C43H77O14P. The van der Waals surface area contributed by atoms with Gasteiger partial charge in [0.2, 0.25) is 0 Å². The summed E-state index contributed by atoms with van der Waals surface area (Å²) in [7, 11) is -5.12.